The Bertz CT molecular complexity index is 450. The summed E-state index contributed by atoms with van der Waals surface area (Å²) in [6.45, 7) is 0. The van der Waals surface area contributed by atoms with E-state index in [9.17, 15) is 4.79 Å². The van der Waals surface area contributed by atoms with Crippen molar-refractivity contribution < 1.29 is 4.79 Å². The highest BCUT2D eigenvalue weighted by Crippen LogP contribution is 2.33. The van der Waals surface area contributed by atoms with Crippen LogP contribution in [0.3, 0.4) is 0 Å². The summed E-state index contributed by atoms with van der Waals surface area (Å²) in [5, 5.41) is 3.99. The molecule has 2 rings (SSSR count). The van der Waals surface area contributed by atoms with E-state index in [-0.39, 0.29) is 0 Å². The fraction of sp³-hybridized carbons (Fsp3) is 0.462. The molecule has 0 heterocycles. The highest BCUT2D eigenvalue weighted by atomic mass is 32.2. The largest absolute Gasteiger partial charge is 0.397 e. The third kappa shape index (κ3) is 2.56. The molecule has 1 fully saturated rings. The lowest BCUT2D eigenvalue weighted by molar-refractivity contribution is 0.100. The number of nitrogens with two attached hydrogens (primary N) is 2. The summed E-state index contributed by atoms with van der Waals surface area (Å²) in [6, 6.07) is 5.62. The highest BCUT2D eigenvalue weighted by Gasteiger charge is 2.27. The number of para-hydroxylation sites is 1. The summed E-state index contributed by atoms with van der Waals surface area (Å²) in [6.07, 6.45) is 5.64. The van der Waals surface area contributed by atoms with Crippen LogP contribution in [0.2, 0.25) is 0 Å². The molecular formula is C13H19N3OS. The van der Waals surface area contributed by atoms with Crippen molar-refractivity contribution in [3.63, 3.8) is 0 Å². The zero-order valence-corrected chi connectivity index (χ0v) is 11.3. The van der Waals surface area contributed by atoms with Crippen molar-refractivity contribution in [1.82, 2.24) is 0 Å². The number of anilines is 2. The molecule has 0 bridgehead atoms. The van der Waals surface area contributed by atoms with Crippen LogP contribution in [0.15, 0.2) is 18.2 Å². The molecule has 5 heteroatoms. The van der Waals surface area contributed by atoms with E-state index in [0.29, 0.717) is 28.2 Å². The number of rotatable bonds is 4. The van der Waals surface area contributed by atoms with E-state index >= 15 is 0 Å². The van der Waals surface area contributed by atoms with Gasteiger partial charge in [-0.15, -0.1) is 0 Å². The lowest BCUT2D eigenvalue weighted by Gasteiger charge is -2.22. The molecule has 0 saturated heterocycles. The minimum atomic E-state index is -0.441. The fourth-order valence-electron chi connectivity index (χ4n) is 2.50. The number of carbonyl (C=O) groups excluding carboxylic acids is 1. The number of hydrogen-bond acceptors (Lipinski definition) is 4. The van der Waals surface area contributed by atoms with Crippen LogP contribution >= 0.6 is 11.8 Å². The van der Waals surface area contributed by atoms with Gasteiger partial charge in [0.25, 0.3) is 5.91 Å². The molecule has 2 unspecified atom stereocenters. The van der Waals surface area contributed by atoms with Gasteiger partial charge in [-0.2, -0.15) is 11.8 Å². The minimum absolute atomic E-state index is 0.364. The number of nitrogen functional groups attached to an aromatic ring is 1. The first-order valence-electron chi connectivity index (χ1n) is 6.11. The van der Waals surface area contributed by atoms with Crippen LogP contribution < -0.4 is 16.8 Å². The second-order valence-electron chi connectivity index (χ2n) is 4.59. The van der Waals surface area contributed by atoms with Gasteiger partial charge in [0, 0.05) is 11.3 Å². The molecule has 0 radical (unpaired) electrons. The second kappa shape index (κ2) is 5.52. The third-order valence-electron chi connectivity index (χ3n) is 3.45. The number of carbonyl (C=O) groups is 1. The van der Waals surface area contributed by atoms with Gasteiger partial charge in [-0.3, -0.25) is 4.79 Å². The molecule has 5 N–H and O–H groups in total. The highest BCUT2D eigenvalue weighted by molar-refractivity contribution is 7.99. The van der Waals surface area contributed by atoms with Crippen LogP contribution in [0, 0.1) is 0 Å². The summed E-state index contributed by atoms with van der Waals surface area (Å²) in [5.41, 5.74) is 13.1. The Morgan fingerprint density at radius 2 is 2.22 bits per heavy atom. The van der Waals surface area contributed by atoms with E-state index in [1.807, 2.05) is 11.8 Å². The molecule has 0 spiro atoms. The molecular weight excluding hydrogens is 246 g/mol. The summed E-state index contributed by atoms with van der Waals surface area (Å²) in [4.78, 5) is 11.4. The van der Waals surface area contributed by atoms with Crippen molar-refractivity contribution in [2.24, 2.45) is 5.73 Å². The average Bonchev–Trinajstić information content (AvgIpc) is 2.78. The molecule has 98 valence electrons. The van der Waals surface area contributed by atoms with Crippen molar-refractivity contribution in [3.8, 4) is 0 Å². The van der Waals surface area contributed by atoms with Gasteiger partial charge >= 0.3 is 0 Å². The first kappa shape index (κ1) is 13.1. The lowest BCUT2D eigenvalue weighted by atomic mass is 10.1. The summed E-state index contributed by atoms with van der Waals surface area (Å²) in [7, 11) is 0. The number of thioether (sulfide) groups is 1. The monoisotopic (exact) mass is 265 g/mol. The molecule has 0 aliphatic heterocycles. The number of amides is 1. The molecule has 0 aromatic heterocycles. The Balaban J connectivity index is 2.25. The normalized spacial score (nSPS) is 22.9. The van der Waals surface area contributed by atoms with Crippen molar-refractivity contribution >= 4 is 29.0 Å². The molecule has 1 aliphatic rings. The smallest absolute Gasteiger partial charge is 0.250 e. The number of primary amides is 1. The SMILES string of the molecule is CSC1CCCC1Nc1c(N)cccc1C(N)=O. The quantitative estimate of drug-likeness (QED) is 0.728. The minimum Gasteiger partial charge on any atom is -0.397 e. The van der Waals surface area contributed by atoms with Gasteiger partial charge in [0.2, 0.25) is 0 Å². The standard InChI is InChI=1S/C13H19N3OS/c1-18-11-7-3-6-10(11)16-12-8(13(15)17)4-2-5-9(12)14/h2,4-5,10-11,16H,3,6-7,14H2,1H3,(H2,15,17). The van der Waals surface area contributed by atoms with E-state index < -0.39 is 5.91 Å². The number of nitrogens with one attached hydrogen (secondary N) is 1. The van der Waals surface area contributed by atoms with E-state index in [0.717, 1.165) is 6.42 Å². The number of benzene rings is 1. The summed E-state index contributed by atoms with van der Waals surface area (Å²) >= 11 is 1.86. The Labute approximate surface area is 111 Å². The van der Waals surface area contributed by atoms with Gasteiger partial charge in [-0.25, -0.2) is 0 Å². The van der Waals surface area contributed by atoms with Crippen molar-refractivity contribution in [2.75, 3.05) is 17.3 Å². The van der Waals surface area contributed by atoms with Gasteiger partial charge < -0.3 is 16.8 Å². The van der Waals surface area contributed by atoms with Gasteiger partial charge in [0.1, 0.15) is 0 Å². The molecule has 18 heavy (non-hydrogen) atoms. The van der Waals surface area contributed by atoms with Crippen LogP contribution in [-0.4, -0.2) is 23.5 Å². The maximum absolute atomic E-state index is 11.4. The van der Waals surface area contributed by atoms with Crippen molar-refractivity contribution in [3.05, 3.63) is 23.8 Å². The molecule has 1 aromatic carbocycles. The molecule has 1 aliphatic carbocycles. The zero-order valence-electron chi connectivity index (χ0n) is 10.5. The molecule has 4 nitrogen and oxygen atoms in total. The average molecular weight is 265 g/mol. The van der Waals surface area contributed by atoms with Crippen LogP contribution in [0.25, 0.3) is 0 Å². The van der Waals surface area contributed by atoms with E-state index in [1.54, 1.807) is 18.2 Å². The zero-order chi connectivity index (χ0) is 13.1. The molecule has 1 saturated carbocycles. The van der Waals surface area contributed by atoms with Crippen LogP contribution in [0.4, 0.5) is 11.4 Å². The Kier molecular flexibility index (Phi) is 4.01. The van der Waals surface area contributed by atoms with Crippen LogP contribution in [-0.2, 0) is 0 Å². The summed E-state index contributed by atoms with van der Waals surface area (Å²) < 4.78 is 0. The van der Waals surface area contributed by atoms with Crippen molar-refractivity contribution in [2.45, 2.75) is 30.6 Å². The third-order valence-corrected chi connectivity index (χ3v) is 4.62. The van der Waals surface area contributed by atoms with Gasteiger partial charge in [-0.1, -0.05) is 12.5 Å². The maximum atomic E-state index is 11.4. The number of hydrogen-bond donors (Lipinski definition) is 3. The molecule has 2 atom stereocenters. The van der Waals surface area contributed by atoms with E-state index in [1.165, 1.54) is 12.8 Å². The van der Waals surface area contributed by atoms with Crippen LogP contribution in [0.5, 0.6) is 0 Å². The van der Waals surface area contributed by atoms with Crippen molar-refractivity contribution in [1.29, 1.82) is 0 Å². The first-order chi connectivity index (χ1) is 8.63. The second-order valence-corrected chi connectivity index (χ2v) is 5.67. The van der Waals surface area contributed by atoms with E-state index in [4.69, 9.17) is 11.5 Å². The van der Waals surface area contributed by atoms with E-state index in [2.05, 4.69) is 11.6 Å². The topological polar surface area (TPSA) is 81.1 Å². The Hall–Kier alpha value is -1.36. The first-order valence-corrected chi connectivity index (χ1v) is 7.40. The van der Waals surface area contributed by atoms with Gasteiger partial charge in [0.15, 0.2) is 0 Å². The molecule has 1 aromatic rings. The van der Waals surface area contributed by atoms with Gasteiger partial charge in [-0.05, 0) is 31.2 Å². The van der Waals surface area contributed by atoms with Crippen LogP contribution in [0.1, 0.15) is 29.6 Å². The predicted molar refractivity (Wildman–Crippen MR) is 77.9 cm³/mol. The fourth-order valence-corrected chi connectivity index (χ4v) is 3.43. The maximum Gasteiger partial charge on any atom is 0.250 e. The molecule has 1 amide bonds. The summed E-state index contributed by atoms with van der Waals surface area (Å²) in [5.74, 6) is -0.441. The van der Waals surface area contributed by atoms with Gasteiger partial charge in [0.05, 0.1) is 16.9 Å². The Morgan fingerprint density at radius 1 is 1.44 bits per heavy atom. The Morgan fingerprint density at radius 3 is 2.89 bits per heavy atom. The predicted octanol–water partition coefficient (Wildman–Crippen LogP) is 2.06. The lowest BCUT2D eigenvalue weighted by Crippen LogP contribution is -2.28.